The van der Waals surface area contributed by atoms with Gasteiger partial charge in [0.05, 0.1) is 25.4 Å². The standard InChI is InChI=1S/C58H109NO5/c1-3-5-7-9-11-13-15-17-19-20-23-26-30-34-38-42-46-50-56(61)55(54-60)59-57(62)51-47-43-39-35-31-27-24-21-25-29-33-37-41-45-49-53-64-58(63)52-48-44-40-36-32-28-22-18-16-14-12-10-8-6-4-2/h12,14,18,22,25,29,55-56,60-61H,3-11,13,15-17,19-21,23-24,26-28,30-54H2,1-2H3,(H,59,62)/b14-12-,22-18-,29-25-. The Bertz CT molecular complexity index is 1040. The summed E-state index contributed by atoms with van der Waals surface area (Å²) in [7, 11) is 0. The molecule has 0 saturated carbocycles. The van der Waals surface area contributed by atoms with Crippen LogP contribution < -0.4 is 5.32 Å². The van der Waals surface area contributed by atoms with E-state index < -0.39 is 12.1 Å². The Kier molecular flexibility index (Phi) is 52.1. The summed E-state index contributed by atoms with van der Waals surface area (Å²) in [5.74, 6) is -0.0738. The number of allylic oxidation sites excluding steroid dienone is 6. The second-order valence-electron chi connectivity index (χ2n) is 19.3. The average Bonchev–Trinajstić information content (AvgIpc) is 3.29. The maximum absolute atomic E-state index is 12.5. The van der Waals surface area contributed by atoms with Gasteiger partial charge in [0.15, 0.2) is 0 Å². The van der Waals surface area contributed by atoms with Gasteiger partial charge in [0, 0.05) is 12.8 Å². The minimum Gasteiger partial charge on any atom is -0.466 e. The molecule has 0 aromatic heterocycles. The fraction of sp³-hybridized carbons (Fsp3) is 0.862. The molecule has 64 heavy (non-hydrogen) atoms. The summed E-state index contributed by atoms with van der Waals surface area (Å²) in [6.07, 6.45) is 65.5. The van der Waals surface area contributed by atoms with Crippen molar-refractivity contribution in [1.82, 2.24) is 5.32 Å². The fourth-order valence-electron chi connectivity index (χ4n) is 8.55. The molecule has 0 bridgehead atoms. The molecular formula is C58H109NO5. The Labute approximate surface area is 398 Å². The van der Waals surface area contributed by atoms with Crippen LogP contribution in [-0.4, -0.2) is 47.4 Å². The molecule has 0 spiro atoms. The SMILES string of the molecule is CCCCC/C=C\C/C=C\CCCCCCCC(=O)OCCCCCC/C=C\CCCCCCCCCC(=O)NC(CO)C(O)CCCCCCCCCCCCCCCCCCC. The van der Waals surface area contributed by atoms with Gasteiger partial charge in [-0.25, -0.2) is 0 Å². The van der Waals surface area contributed by atoms with E-state index in [2.05, 4.69) is 55.6 Å². The van der Waals surface area contributed by atoms with Gasteiger partial charge in [-0.1, -0.05) is 237 Å². The van der Waals surface area contributed by atoms with E-state index in [1.54, 1.807) is 0 Å². The predicted octanol–water partition coefficient (Wildman–Crippen LogP) is 17.2. The van der Waals surface area contributed by atoms with E-state index in [0.717, 1.165) is 83.5 Å². The van der Waals surface area contributed by atoms with Gasteiger partial charge >= 0.3 is 5.97 Å². The highest BCUT2D eigenvalue weighted by Crippen LogP contribution is 2.16. The van der Waals surface area contributed by atoms with Crippen LogP contribution in [0.2, 0.25) is 0 Å². The van der Waals surface area contributed by atoms with Crippen LogP contribution in [0, 0.1) is 0 Å². The molecule has 2 unspecified atom stereocenters. The van der Waals surface area contributed by atoms with Crippen LogP contribution >= 0.6 is 0 Å². The normalized spacial score (nSPS) is 12.9. The second-order valence-corrected chi connectivity index (χ2v) is 19.3. The highest BCUT2D eigenvalue weighted by molar-refractivity contribution is 5.76. The molecule has 6 heteroatoms. The number of aliphatic hydroxyl groups excluding tert-OH is 2. The lowest BCUT2D eigenvalue weighted by atomic mass is 10.0. The van der Waals surface area contributed by atoms with Crippen LogP contribution in [0.3, 0.4) is 0 Å². The molecule has 0 aromatic rings. The zero-order valence-electron chi connectivity index (χ0n) is 42.8. The first kappa shape index (κ1) is 62.1. The third kappa shape index (κ3) is 49.5. The van der Waals surface area contributed by atoms with Crippen molar-refractivity contribution < 1.29 is 24.5 Å². The molecule has 3 N–H and O–H groups in total. The Hall–Kier alpha value is -1.92. The Balaban J connectivity index is 3.49. The summed E-state index contributed by atoms with van der Waals surface area (Å²) in [6, 6.07) is -0.554. The molecule has 0 radical (unpaired) electrons. The lowest BCUT2D eigenvalue weighted by Crippen LogP contribution is -2.45. The number of aliphatic hydroxyl groups is 2. The predicted molar refractivity (Wildman–Crippen MR) is 278 cm³/mol. The number of rotatable bonds is 52. The summed E-state index contributed by atoms with van der Waals surface area (Å²) in [4.78, 5) is 24.5. The number of esters is 1. The van der Waals surface area contributed by atoms with Crippen molar-refractivity contribution in [3.05, 3.63) is 36.5 Å². The average molecular weight is 901 g/mol. The number of ether oxygens (including phenoxy) is 1. The van der Waals surface area contributed by atoms with Crippen LogP contribution in [0.1, 0.15) is 296 Å². The van der Waals surface area contributed by atoms with Crippen LogP contribution in [0.5, 0.6) is 0 Å². The number of carbonyl (C=O) groups excluding carboxylic acids is 2. The molecule has 0 aromatic carbocycles. The lowest BCUT2D eigenvalue weighted by molar-refractivity contribution is -0.143. The third-order valence-electron chi connectivity index (χ3n) is 12.9. The van der Waals surface area contributed by atoms with Gasteiger partial charge in [-0.2, -0.15) is 0 Å². The van der Waals surface area contributed by atoms with Crippen LogP contribution in [0.25, 0.3) is 0 Å². The van der Waals surface area contributed by atoms with E-state index in [1.165, 1.54) is 180 Å². The van der Waals surface area contributed by atoms with Crippen molar-refractivity contribution in [3.8, 4) is 0 Å². The largest absolute Gasteiger partial charge is 0.466 e. The van der Waals surface area contributed by atoms with Crippen molar-refractivity contribution >= 4 is 11.9 Å². The fourth-order valence-corrected chi connectivity index (χ4v) is 8.55. The van der Waals surface area contributed by atoms with Gasteiger partial charge in [0.1, 0.15) is 0 Å². The van der Waals surface area contributed by atoms with Crippen molar-refractivity contribution in [2.45, 2.75) is 309 Å². The minimum atomic E-state index is -0.675. The Morgan fingerprint density at radius 2 is 0.781 bits per heavy atom. The van der Waals surface area contributed by atoms with Crippen molar-refractivity contribution in [2.75, 3.05) is 13.2 Å². The molecule has 0 heterocycles. The van der Waals surface area contributed by atoms with Crippen LogP contribution in [-0.2, 0) is 14.3 Å². The molecule has 0 aliphatic rings. The molecule has 0 rings (SSSR count). The van der Waals surface area contributed by atoms with Crippen molar-refractivity contribution in [2.24, 2.45) is 0 Å². The summed E-state index contributed by atoms with van der Waals surface area (Å²) < 4.78 is 5.45. The lowest BCUT2D eigenvalue weighted by Gasteiger charge is -2.22. The number of hydrogen-bond donors (Lipinski definition) is 3. The first-order chi connectivity index (χ1) is 31.5. The van der Waals surface area contributed by atoms with Gasteiger partial charge < -0.3 is 20.3 Å². The van der Waals surface area contributed by atoms with Gasteiger partial charge in [-0.15, -0.1) is 0 Å². The first-order valence-electron chi connectivity index (χ1n) is 28.2. The molecule has 2 atom stereocenters. The van der Waals surface area contributed by atoms with E-state index >= 15 is 0 Å². The number of unbranched alkanes of at least 4 members (excludes halogenated alkanes) is 35. The number of hydrogen-bond acceptors (Lipinski definition) is 5. The van der Waals surface area contributed by atoms with Crippen LogP contribution in [0.4, 0.5) is 0 Å². The summed E-state index contributed by atoms with van der Waals surface area (Å²) >= 11 is 0. The van der Waals surface area contributed by atoms with Crippen molar-refractivity contribution in [3.63, 3.8) is 0 Å². The number of carbonyl (C=O) groups is 2. The molecular weight excluding hydrogens is 791 g/mol. The first-order valence-corrected chi connectivity index (χ1v) is 28.2. The summed E-state index contributed by atoms with van der Waals surface area (Å²) in [5, 5.41) is 23.3. The maximum atomic E-state index is 12.5. The molecule has 1 amide bonds. The third-order valence-corrected chi connectivity index (χ3v) is 12.9. The van der Waals surface area contributed by atoms with Gasteiger partial charge in [0.2, 0.25) is 5.91 Å². The van der Waals surface area contributed by atoms with Crippen molar-refractivity contribution in [1.29, 1.82) is 0 Å². The van der Waals surface area contributed by atoms with E-state index in [0.29, 0.717) is 25.9 Å². The minimum absolute atomic E-state index is 0.0241. The summed E-state index contributed by atoms with van der Waals surface area (Å²) in [5.41, 5.74) is 0. The van der Waals surface area contributed by atoms with E-state index in [-0.39, 0.29) is 18.5 Å². The zero-order chi connectivity index (χ0) is 46.5. The molecule has 376 valence electrons. The van der Waals surface area contributed by atoms with Gasteiger partial charge in [-0.3, -0.25) is 9.59 Å². The molecule has 6 nitrogen and oxygen atoms in total. The summed E-state index contributed by atoms with van der Waals surface area (Å²) in [6.45, 7) is 4.89. The Morgan fingerprint density at radius 1 is 0.438 bits per heavy atom. The van der Waals surface area contributed by atoms with E-state index in [9.17, 15) is 19.8 Å². The van der Waals surface area contributed by atoms with E-state index in [1.807, 2.05) is 0 Å². The molecule has 0 fully saturated rings. The number of nitrogens with one attached hydrogen (secondary N) is 1. The Morgan fingerprint density at radius 3 is 1.23 bits per heavy atom. The van der Waals surface area contributed by atoms with E-state index in [4.69, 9.17) is 4.74 Å². The topological polar surface area (TPSA) is 95.9 Å². The van der Waals surface area contributed by atoms with Gasteiger partial charge in [-0.05, 0) is 83.5 Å². The van der Waals surface area contributed by atoms with Gasteiger partial charge in [0.25, 0.3) is 0 Å². The zero-order valence-corrected chi connectivity index (χ0v) is 42.8. The monoisotopic (exact) mass is 900 g/mol. The highest BCUT2D eigenvalue weighted by Gasteiger charge is 2.20. The number of amides is 1. The van der Waals surface area contributed by atoms with Crippen LogP contribution in [0.15, 0.2) is 36.5 Å². The quantitative estimate of drug-likeness (QED) is 0.0321. The molecule has 0 aliphatic carbocycles. The maximum Gasteiger partial charge on any atom is 0.305 e. The second kappa shape index (κ2) is 53.7. The highest BCUT2D eigenvalue weighted by atomic mass is 16.5. The smallest absolute Gasteiger partial charge is 0.305 e. The molecule has 0 saturated heterocycles. The molecule has 0 aliphatic heterocycles.